The van der Waals surface area contributed by atoms with E-state index in [-0.39, 0.29) is 14.9 Å². The van der Waals surface area contributed by atoms with E-state index in [4.69, 9.17) is 33.1 Å². The number of sulfonamides is 1. The van der Waals surface area contributed by atoms with Gasteiger partial charge in [0, 0.05) is 0 Å². The van der Waals surface area contributed by atoms with E-state index >= 15 is 0 Å². The molecule has 0 saturated carbocycles. The average molecular weight is 298 g/mol. The van der Waals surface area contributed by atoms with Crippen LogP contribution in [-0.2, 0) is 10.0 Å². The summed E-state index contributed by atoms with van der Waals surface area (Å²) in [5.74, 6) is 0.359. The molecule has 0 saturated heterocycles. The zero-order chi connectivity index (χ0) is 13.1. The third-order valence-corrected chi connectivity index (χ3v) is 4.00. The van der Waals surface area contributed by atoms with Crippen molar-refractivity contribution in [2.45, 2.75) is 24.7 Å². The molecule has 0 bridgehead atoms. The fraction of sp³-hybridized carbons (Fsp3) is 0.400. The molecule has 0 radical (unpaired) electrons. The van der Waals surface area contributed by atoms with E-state index in [1.54, 1.807) is 0 Å². The lowest BCUT2D eigenvalue weighted by molar-refractivity contribution is 0.309. The van der Waals surface area contributed by atoms with Crippen LogP contribution in [0.1, 0.15) is 19.8 Å². The normalized spacial score (nSPS) is 11.5. The van der Waals surface area contributed by atoms with Crippen LogP contribution in [0.5, 0.6) is 5.75 Å². The minimum atomic E-state index is -3.87. The average Bonchev–Trinajstić information content (AvgIpc) is 2.23. The Morgan fingerprint density at radius 3 is 2.47 bits per heavy atom. The van der Waals surface area contributed by atoms with E-state index in [1.165, 1.54) is 12.1 Å². The van der Waals surface area contributed by atoms with E-state index in [9.17, 15) is 8.42 Å². The Bertz CT molecular complexity index is 503. The number of nitrogens with two attached hydrogens (primary N) is 1. The Balaban J connectivity index is 3.03. The lowest BCUT2D eigenvalue weighted by atomic mass is 10.3. The molecule has 0 aliphatic rings. The van der Waals surface area contributed by atoms with Crippen LogP contribution in [0.4, 0.5) is 0 Å². The predicted octanol–water partition coefficient (Wildman–Crippen LogP) is 2.82. The van der Waals surface area contributed by atoms with Crippen LogP contribution in [0.3, 0.4) is 0 Å². The fourth-order valence-electron chi connectivity index (χ4n) is 1.17. The first kappa shape index (κ1) is 14.6. The number of primary sulfonamides is 1. The van der Waals surface area contributed by atoms with Crippen molar-refractivity contribution >= 4 is 33.2 Å². The van der Waals surface area contributed by atoms with Crippen molar-refractivity contribution in [3.8, 4) is 5.75 Å². The van der Waals surface area contributed by atoms with Gasteiger partial charge in [0.05, 0.1) is 11.6 Å². The third kappa shape index (κ3) is 3.74. The smallest absolute Gasteiger partial charge is 0.239 e. The number of unbranched alkanes of at least 4 members (excludes halogenated alkanes) is 1. The molecule has 1 rings (SSSR count). The minimum Gasteiger partial charge on any atom is -0.492 e. The molecule has 4 nitrogen and oxygen atoms in total. The predicted molar refractivity (Wildman–Crippen MR) is 68.2 cm³/mol. The van der Waals surface area contributed by atoms with Gasteiger partial charge < -0.3 is 4.74 Å². The van der Waals surface area contributed by atoms with Crippen molar-refractivity contribution in [3.05, 3.63) is 22.2 Å². The van der Waals surface area contributed by atoms with E-state index in [0.29, 0.717) is 12.4 Å². The van der Waals surface area contributed by atoms with Gasteiger partial charge in [-0.15, -0.1) is 0 Å². The van der Waals surface area contributed by atoms with Crippen LogP contribution in [0.2, 0.25) is 10.0 Å². The summed E-state index contributed by atoms with van der Waals surface area (Å²) in [6.45, 7) is 2.53. The molecule has 0 spiro atoms. The molecule has 17 heavy (non-hydrogen) atoms. The fourth-order valence-corrected chi connectivity index (χ4v) is 2.54. The van der Waals surface area contributed by atoms with Crippen molar-refractivity contribution in [1.82, 2.24) is 0 Å². The second-order valence-electron chi connectivity index (χ2n) is 3.44. The number of benzene rings is 1. The molecular formula is C10H13Cl2NO3S. The highest BCUT2D eigenvalue weighted by molar-refractivity contribution is 7.89. The van der Waals surface area contributed by atoms with E-state index in [2.05, 4.69) is 0 Å². The van der Waals surface area contributed by atoms with Gasteiger partial charge in [-0.3, -0.25) is 0 Å². The van der Waals surface area contributed by atoms with E-state index in [1.807, 2.05) is 6.92 Å². The molecule has 96 valence electrons. The molecule has 7 heteroatoms. The van der Waals surface area contributed by atoms with Crippen molar-refractivity contribution < 1.29 is 13.2 Å². The summed E-state index contributed by atoms with van der Waals surface area (Å²) in [5.41, 5.74) is 0. The van der Waals surface area contributed by atoms with E-state index < -0.39 is 10.0 Å². The number of hydrogen-bond donors (Lipinski definition) is 1. The highest BCUT2D eigenvalue weighted by atomic mass is 35.5. The molecule has 0 aliphatic carbocycles. The Morgan fingerprint density at radius 1 is 1.29 bits per heavy atom. The Hall–Kier alpha value is -0.490. The first-order valence-corrected chi connectivity index (χ1v) is 7.31. The Kier molecular flexibility index (Phi) is 5.06. The molecule has 1 aromatic carbocycles. The maximum Gasteiger partial charge on any atom is 0.239 e. The molecule has 0 atom stereocenters. The Morgan fingerprint density at radius 2 is 1.94 bits per heavy atom. The van der Waals surface area contributed by atoms with Crippen molar-refractivity contribution in [2.75, 3.05) is 6.61 Å². The minimum absolute atomic E-state index is 0.0642. The van der Waals surface area contributed by atoms with Crippen LogP contribution in [0, 0.1) is 0 Å². The van der Waals surface area contributed by atoms with Gasteiger partial charge >= 0.3 is 0 Å². The highest BCUT2D eigenvalue weighted by Gasteiger charge is 2.18. The van der Waals surface area contributed by atoms with Crippen molar-refractivity contribution in [1.29, 1.82) is 0 Å². The van der Waals surface area contributed by atoms with Crippen LogP contribution in [0.25, 0.3) is 0 Å². The van der Waals surface area contributed by atoms with Crippen LogP contribution < -0.4 is 9.88 Å². The molecule has 1 aromatic rings. The topological polar surface area (TPSA) is 69.4 Å². The molecule has 0 heterocycles. The van der Waals surface area contributed by atoms with Gasteiger partial charge in [0.25, 0.3) is 0 Å². The number of halogens is 2. The lowest BCUT2D eigenvalue weighted by Crippen LogP contribution is -2.13. The van der Waals surface area contributed by atoms with Gasteiger partial charge in [-0.1, -0.05) is 36.5 Å². The molecule has 0 aromatic heterocycles. The summed E-state index contributed by atoms with van der Waals surface area (Å²) in [6, 6.07) is 2.73. The van der Waals surface area contributed by atoms with E-state index in [0.717, 1.165) is 12.8 Å². The van der Waals surface area contributed by atoms with Crippen molar-refractivity contribution in [2.24, 2.45) is 5.14 Å². The monoisotopic (exact) mass is 297 g/mol. The second-order valence-corrected chi connectivity index (χ2v) is 5.72. The number of ether oxygens (including phenoxy) is 1. The summed E-state index contributed by atoms with van der Waals surface area (Å²) in [5, 5.41) is 4.94. The maximum atomic E-state index is 11.2. The summed E-state index contributed by atoms with van der Waals surface area (Å²) < 4.78 is 27.7. The van der Waals surface area contributed by atoms with Gasteiger partial charge in [-0.2, -0.15) is 0 Å². The molecule has 0 fully saturated rings. The summed E-state index contributed by atoms with van der Waals surface area (Å²) >= 11 is 11.7. The van der Waals surface area contributed by atoms with Crippen molar-refractivity contribution in [3.63, 3.8) is 0 Å². The number of hydrogen-bond acceptors (Lipinski definition) is 3. The lowest BCUT2D eigenvalue weighted by Gasteiger charge is -2.10. The summed E-state index contributed by atoms with van der Waals surface area (Å²) in [4.78, 5) is -0.202. The highest BCUT2D eigenvalue weighted by Crippen LogP contribution is 2.36. The first-order chi connectivity index (χ1) is 7.88. The quantitative estimate of drug-likeness (QED) is 0.850. The zero-order valence-electron chi connectivity index (χ0n) is 9.24. The molecule has 0 unspecified atom stereocenters. The third-order valence-electron chi connectivity index (χ3n) is 2.07. The standard InChI is InChI=1S/C10H13Cl2NO3S/c1-2-3-6-16-7-4-5-8(17(13,14)15)10(12)9(7)11/h4-5H,2-3,6H2,1H3,(H2,13,14,15). The first-order valence-electron chi connectivity index (χ1n) is 5.01. The summed E-state index contributed by atoms with van der Waals surface area (Å²) in [7, 11) is -3.87. The molecule has 2 N–H and O–H groups in total. The Labute approximate surface area is 111 Å². The molecule has 0 aliphatic heterocycles. The van der Waals surface area contributed by atoms with Gasteiger partial charge in [-0.05, 0) is 18.6 Å². The van der Waals surface area contributed by atoms with Gasteiger partial charge in [0.1, 0.15) is 15.7 Å². The maximum absolute atomic E-state index is 11.2. The second kappa shape index (κ2) is 5.91. The molecule has 0 amide bonds. The van der Waals surface area contributed by atoms with Crippen LogP contribution >= 0.6 is 23.2 Å². The largest absolute Gasteiger partial charge is 0.492 e. The van der Waals surface area contributed by atoms with Crippen LogP contribution in [0.15, 0.2) is 17.0 Å². The molecular weight excluding hydrogens is 285 g/mol. The zero-order valence-corrected chi connectivity index (χ0v) is 11.6. The summed E-state index contributed by atoms with van der Waals surface area (Å²) in [6.07, 6.45) is 1.87. The van der Waals surface area contributed by atoms with Crippen LogP contribution in [-0.4, -0.2) is 15.0 Å². The van der Waals surface area contributed by atoms with Gasteiger partial charge in [0.15, 0.2) is 0 Å². The number of rotatable bonds is 5. The SMILES string of the molecule is CCCCOc1ccc(S(N)(=O)=O)c(Cl)c1Cl. The van der Waals surface area contributed by atoms with Gasteiger partial charge in [-0.25, -0.2) is 13.6 Å². The van der Waals surface area contributed by atoms with Gasteiger partial charge in [0.2, 0.25) is 10.0 Å².